The third kappa shape index (κ3) is 4.66. The molecular weight excluding hydrogens is 397 g/mol. The quantitative estimate of drug-likeness (QED) is 0.480. The molecule has 30 heavy (non-hydrogen) atoms. The fourth-order valence-corrected chi connectivity index (χ4v) is 4.09. The van der Waals surface area contributed by atoms with Crippen molar-refractivity contribution in [2.45, 2.75) is 29.4 Å². The van der Waals surface area contributed by atoms with Crippen molar-refractivity contribution in [1.29, 1.82) is 0 Å². The third-order valence-electron chi connectivity index (χ3n) is 4.63. The average molecular weight is 424 g/mol. The van der Waals surface area contributed by atoms with Crippen molar-refractivity contribution in [2.75, 3.05) is 6.54 Å². The van der Waals surface area contributed by atoms with Crippen LogP contribution in [0, 0.1) is 5.82 Å². The molecule has 0 spiro atoms. The SMILES string of the molecule is C=CCNC(=C)c1nc(-c2ccc(C(C)(C)O)c(F)c2)c(Sc2ccccc2)n1C. The van der Waals surface area contributed by atoms with E-state index in [1.807, 2.05) is 41.9 Å². The van der Waals surface area contributed by atoms with E-state index in [0.717, 1.165) is 9.92 Å². The predicted molar refractivity (Wildman–Crippen MR) is 122 cm³/mol. The molecule has 2 N–H and O–H groups in total. The standard InChI is InChI=1S/C24H26FN3OS/c1-6-14-26-16(2)22-27-21(17-12-13-19(20(25)15-17)24(3,4)29)23(28(22)5)30-18-10-8-7-9-11-18/h6-13,15,26,29H,1-2,14H2,3-5H3. The highest BCUT2D eigenvalue weighted by atomic mass is 32.2. The van der Waals surface area contributed by atoms with Crippen LogP contribution in [0.4, 0.5) is 4.39 Å². The van der Waals surface area contributed by atoms with Crippen molar-refractivity contribution in [3.05, 3.63) is 85.0 Å². The maximum Gasteiger partial charge on any atom is 0.156 e. The lowest BCUT2D eigenvalue weighted by Gasteiger charge is -2.19. The number of rotatable bonds is 8. The fourth-order valence-electron chi connectivity index (χ4n) is 3.09. The molecule has 0 aliphatic rings. The zero-order valence-electron chi connectivity index (χ0n) is 17.4. The number of nitrogens with one attached hydrogen (secondary N) is 1. The van der Waals surface area contributed by atoms with Gasteiger partial charge in [0.25, 0.3) is 0 Å². The Morgan fingerprint density at radius 3 is 2.57 bits per heavy atom. The number of nitrogens with zero attached hydrogens (tertiary/aromatic N) is 2. The second kappa shape index (κ2) is 8.90. The molecule has 4 nitrogen and oxygen atoms in total. The minimum atomic E-state index is -1.26. The van der Waals surface area contributed by atoms with Crippen LogP contribution in [0.3, 0.4) is 0 Å². The van der Waals surface area contributed by atoms with Crippen molar-refractivity contribution in [3.8, 4) is 11.3 Å². The fraction of sp³-hybridized carbons (Fsp3) is 0.208. The number of imidazole rings is 1. The number of hydrogen-bond acceptors (Lipinski definition) is 4. The molecule has 3 rings (SSSR count). The summed E-state index contributed by atoms with van der Waals surface area (Å²) >= 11 is 1.55. The predicted octanol–water partition coefficient (Wildman–Crippen LogP) is 5.35. The molecule has 1 heterocycles. The van der Waals surface area contributed by atoms with E-state index in [4.69, 9.17) is 4.98 Å². The van der Waals surface area contributed by atoms with Gasteiger partial charge in [-0.15, -0.1) is 6.58 Å². The van der Waals surface area contributed by atoms with Gasteiger partial charge in [-0.2, -0.15) is 0 Å². The van der Waals surface area contributed by atoms with E-state index in [1.54, 1.807) is 43.8 Å². The van der Waals surface area contributed by atoms with E-state index in [1.165, 1.54) is 6.07 Å². The molecule has 2 aromatic carbocycles. The Labute approximate surface area is 181 Å². The van der Waals surface area contributed by atoms with Crippen LogP contribution >= 0.6 is 11.8 Å². The third-order valence-corrected chi connectivity index (χ3v) is 5.80. The largest absolute Gasteiger partial charge is 0.386 e. The molecule has 156 valence electrons. The van der Waals surface area contributed by atoms with Crippen LogP contribution in [0.1, 0.15) is 25.2 Å². The first-order chi connectivity index (χ1) is 14.2. The van der Waals surface area contributed by atoms with Crippen molar-refractivity contribution >= 4 is 17.5 Å². The number of hydrogen-bond donors (Lipinski definition) is 2. The molecule has 0 saturated heterocycles. The summed E-state index contributed by atoms with van der Waals surface area (Å²) in [6.45, 7) is 11.5. The topological polar surface area (TPSA) is 50.1 Å². The van der Waals surface area contributed by atoms with Crippen LogP contribution in [0.15, 0.2) is 77.7 Å². The first-order valence-electron chi connectivity index (χ1n) is 9.58. The van der Waals surface area contributed by atoms with Crippen LogP contribution in [-0.4, -0.2) is 21.2 Å². The second-order valence-corrected chi connectivity index (χ2v) is 8.53. The molecular formula is C24H26FN3OS. The van der Waals surface area contributed by atoms with Gasteiger partial charge in [-0.1, -0.05) is 54.7 Å². The van der Waals surface area contributed by atoms with E-state index in [9.17, 15) is 9.50 Å². The molecule has 0 aliphatic heterocycles. The normalized spacial score (nSPS) is 11.4. The molecule has 0 bridgehead atoms. The van der Waals surface area contributed by atoms with E-state index < -0.39 is 11.4 Å². The highest BCUT2D eigenvalue weighted by molar-refractivity contribution is 7.99. The zero-order chi connectivity index (χ0) is 21.9. The van der Waals surface area contributed by atoms with E-state index >= 15 is 0 Å². The lowest BCUT2D eigenvalue weighted by atomic mass is 9.96. The average Bonchev–Trinajstić information content (AvgIpc) is 3.02. The van der Waals surface area contributed by atoms with Crippen molar-refractivity contribution < 1.29 is 9.50 Å². The maximum absolute atomic E-state index is 14.8. The summed E-state index contributed by atoms with van der Waals surface area (Å²) in [5, 5.41) is 14.2. The van der Waals surface area contributed by atoms with E-state index in [2.05, 4.69) is 18.5 Å². The van der Waals surface area contributed by atoms with Crippen LogP contribution in [0.2, 0.25) is 0 Å². The molecule has 0 unspecified atom stereocenters. The minimum absolute atomic E-state index is 0.247. The molecule has 0 atom stereocenters. The molecule has 0 radical (unpaired) electrons. The Morgan fingerprint density at radius 2 is 1.97 bits per heavy atom. The van der Waals surface area contributed by atoms with Gasteiger partial charge in [-0.3, -0.25) is 0 Å². The van der Waals surface area contributed by atoms with Gasteiger partial charge in [0.2, 0.25) is 0 Å². The first kappa shape index (κ1) is 21.9. The Morgan fingerprint density at radius 1 is 1.27 bits per heavy atom. The van der Waals surface area contributed by atoms with Crippen LogP contribution in [-0.2, 0) is 12.6 Å². The van der Waals surface area contributed by atoms with E-state index in [0.29, 0.717) is 29.3 Å². The lowest BCUT2D eigenvalue weighted by molar-refractivity contribution is 0.0746. The summed E-state index contributed by atoms with van der Waals surface area (Å²) in [6.07, 6.45) is 1.75. The maximum atomic E-state index is 14.8. The molecule has 0 aliphatic carbocycles. The second-order valence-electron chi connectivity index (χ2n) is 7.47. The monoisotopic (exact) mass is 423 g/mol. The minimum Gasteiger partial charge on any atom is -0.386 e. The van der Waals surface area contributed by atoms with Crippen LogP contribution < -0.4 is 5.32 Å². The highest BCUT2D eigenvalue weighted by Crippen LogP contribution is 2.38. The van der Waals surface area contributed by atoms with Crippen LogP contribution in [0.25, 0.3) is 17.0 Å². The summed E-state index contributed by atoms with van der Waals surface area (Å²) in [6, 6.07) is 14.8. The molecule has 1 aromatic heterocycles. The Kier molecular flexibility index (Phi) is 6.48. The van der Waals surface area contributed by atoms with Crippen molar-refractivity contribution in [2.24, 2.45) is 7.05 Å². The highest BCUT2D eigenvalue weighted by Gasteiger charge is 2.23. The smallest absolute Gasteiger partial charge is 0.156 e. The molecule has 0 fully saturated rings. The first-order valence-corrected chi connectivity index (χ1v) is 10.4. The Bertz CT molecular complexity index is 1070. The van der Waals surface area contributed by atoms with Gasteiger partial charge < -0.3 is 15.0 Å². The number of aromatic nitrogens is 2. The summed E-state index contributed by atoms with van der Waals surface area (Å²) in [5.74, 6) is 0.198. The van der Waals surface area contributed by atoms with Crippen molar-refractivity contribution in [3.63, 3.8) is 0 Å². The Balaban J connectivity index is 2.11. The summed E-state index contributed by atoms with van der Waals surface area (Å²) in [7, 11) is 1.92. The number of halogens is 1. The summed E-state index contributed by atoms with van der Waals surface area (Å²) in [5.41, 5.74) is 0.938. The Hall–Kier alpha value is -2.83. The van der Waals surface area contributed by atoms with Gasteiger partial charge in [0.05, 0.1) is 11.3 Å². The van der Waals surface area contributed by atoms with Crippen LogP contribution in [0.5, 0.6) is 0 Å². The lowest BCUT2D eigenvalue weighted by Crippen LogP contribution is -2.17. The summed E-state index contributed by atoms with van der Waals surface area (Å²) in [4.78, 5) is 5.83. The van der Waals surface area contributed by atoms with E-state index in [-0.39, 0.29) is 5.56 Å². The van der Waals surface area contributed by atoms with Crippen molar-refractivity contribution in [1.82, 2.24) is 14.9 Å². The molecule has 0 saturated carbocycles. The molecule has 0 amide bonds. The van der Waals surface area contributed by atoms with Gasteiger partial charge >= 0.3 is 0 Å². The summed E-state index contributed by atoms with van der Waals surface area (Å²) < 4.78 is 16.7. The number of aliphatic hydroxyl groups is 1. The molecule has 6 heteroatoms. The van der Waals surface area contributed by atoms with Gasteiger partial charge in [-0.25, -0.2) is 9.37 Å². The molecule has 3 aromatic rings. The van der Waals surface area contributed by atoms with Gasteiger partial charge in [-0.05, 0) is 32.0 Å². The number of benzene rings is 2. The zero-order valence-corrected chi connectivity index (χ0v) is 18.3. The van der Waals surface area contributed by atoms with Gasteiger partial charge in [0.1, 0.15) is 16.5 Å². The van der Waals surface area contributed by atoms with Gasteiger partial charge in [0.15, 0.2) is 5.82 Å². The van der Waals surface area contributed by atoms with Gasteiger partial charge in [0, 0.05) is 29.6 Å².